The number of aromatic nitrogens is 2. The Morgan fingerprint density at radius 2 is 2.42 bits per heavy atom. The first-order valence-corrected chi connectivity index (χ1v) is 9.35. The number of hydrogen-bond acceptors (Lipinski definition) is 6. The smallest absolute Gasteiger partial charge is 0.416 e. The molecular formula is C16H20N3O3S2+. The second-order valence-corrected chi connectivity index (χ2v) is 8.64. The van der Waals surface area contributed by atoms with E-state index < -0.39 is 0 Å². The normalized spacial score (nSPS) is 26.6. The van der Waals surface area contributed by atoms with Gasteiger partial charge in [-0.3, -0.25) is 9.20 Å². The maximum absolute atomic E-state index is 12.7. The lowest BCUT2D eigenvalue weighted by atomic mass is 10.2. The van der Waals surface area contributed by atoms with Gasteiger partial charge in [0.2, 0.25) is 0 Å². The van der Waals surface area contributed by atoms with Crippen LogP contribution in [-0.4, -0.2) is 50.5 Å². The summed E-state index contributed by atoms with van der Waals surface area (Å²) in [6.45, 7) is 5.94. The summed E-state index contributed by atoms with van der Waals surface area (Å²) in [6, 6.07) is -0.0240. The second-order valence-electron chi connectivity index (χ2n) is 6.07. The molecule has 24 heavy (non-hydrogen) atoms. The Morgan fingerprint density at radius 3 is 3.08 bits per heavy atom. The van der Waals surface area contributed by atoms with Crippen molar-refractivity contribution in [3.63, 3.8) is 0 Å². The Morgan fingerprint density at radius 1 is 1.62 bits per heavy atom. The molecule has 0 saturated carbocycles. The first-order valence-electron chi connectivity index (χ1n) is 7.66. The minimum atomic E-state index is -0.275. The molecule has 3 rings (SSSR count). The summed E-state index contributed by atoms with van der Waals surface area (Å²) >= 11 is 2.94. The van der Waals surface area contributed by atoms with Crippen molar-refractivity contribution in [2.75, 3.05) is 20.2 Å². The Hall–Kier alpha value is -1.64. The van der Waals surface area contributed by atoms with Crippen LogP contribution in [-0.2, 0) is 9.53 Å². The molecule has 3 heterocycles. The molecule has 0 radical (unpaired) electrons. The first-order chi connectivity index (χ1) is 11.4. The zero-order valence-electron chi connectivity index (χ0n) is 13.7. The van der Waals surface area contributed by atoms with E-state index in [1.807, 2.05) is 23.8 Å². The summed E-state index contributed by atoms with van der Waals surface area (Å²) in [7, 11) is 1.89. The lowest BCUT2D eigenvalue weighted by Crippen LogP contribution is -2.49. The fourth-order valence-corrected chi connectivity index (χ4v) is 5.53. The summed E-state index contributed by atoms with van der Waals surface area (Å²) in [6.07, 6.45) is 7.65. The molecule has 1 aliphatic heterocycles. The maximum atomic E-state index is 12.7. The van der Waals surface area contributed by atoms with Gasteiger partial charge in [0.1, 0.15) is 24.0 Å². The van der Waals surface area contributed by atoms with Gasteiger partial charge in [0.25, 0.3) is 0 Å². The highest BCUT2D eigenvalue weighted by Gasteiger charge is 2.52. The summed E-state index contributed by atoms with van der Waals surface area (Å²) in [5.41, 5.74) is 0. The number of hydrogen-bond donors (Lipinski definition) is 0. The summed E-state index contributed by atoms with van der Waals surface area (Å²) in [4.78, 5) is 30.5. The van der Waals surface area contributed by atoms with Crippen molar-refractivity contribution in [2.45, 2.75) is 24.6 Å². The van der Waals surface area contributed by atoms with Crippen molar-refractivity contribution in [1.82, 2.24) is 9.38 Å². The van der Waals surface area contributed by atoms with E-state index in [-0.39, 0.29) is 33.6 Å². The highest BCUT2D eigenvalue weighted by atomic mass is 32.2. The van der Waals surface area contributed by atoms with Gasteiger partial charge in [0.15, 0.2) is 5.12 Å². The first kappa shape index (κ1) is 17.2. The van der Waals surface area contributed by atoms with Gasteiger partial charge >= 0.3 is 6.09 Å². The number of thioether (sulfide) groups is 1. The van der Waals surface area contributed by atoms with Gasteiger partial charge in [0, 0.05) is 19.5 Å². The highest BCUT2D eigenvalue weighted by Crippen LogP contribution is 2.45. The van der Waals surface area contributed by atoms with Gasteiger partial charge in [-0.05, 0) is 0 Å². The summed E-state index contributed by atoms with van der Waals surface area (Å²) in [5.74, 6) is 0. The molecule has 3 atom stereocenters. The van der Waals surface area contributed by atoms with Crippen molar-refractivity contribution >= 4 is 39.1 Å². The molecule has 1 fully saturated rings. The average Bonchev–Trinajstić information content (AvgIpc) is 3.17. The van der Waals surface area contributed by atoms with Crippen LogP contribution in [0.15, 0.2) is 31.4 Å². The molecule has 6 nitrogen and oxygen atoms in total. The van der Waals surface area contributed by atoms with Gasteiger partial charge in [-0.2, -0.15) is 4.79 Å². The Kier molecular flexibility index (Phi) is 4.80. The lowest BCUT2D eigenvalue weighted by molar-refractivity contribution is -0.855. The van der Waals surface area contributed by atoms with E-state index in [1.165, 1.54) is 11.8 Å². The van der Waals surface area contributed by atoms with Crippen LogP contribution in [0, 0.1) is 0 Å². The van der Waals surface area contributed by atoms with Crippen LogP contribution < -0.4 is 0 Å². The molecule has 2 aromatic rings. The topological polar surface area (TPSA) is 60.7 Å². The molecule has 0 bridgehead atoms. The molecule has 128 valence electrons. The van der Waals surface area contributed by atoms with Crippen molar-refractivity contribution in [3.8, 4) is 0 Å². The van der Waals surface area contributed by atoms with Crippen LogP contribution >= 0.6 is 23.1 Å². The van der Waals surface area contributed by atoms with Gasteiger partial charge in [-0.1, -0.05) is 24.4 Å². The molecule has 0 aliphatic carbocycles. The number of ether oxygens (including phenoxy) is 1. The zero-order valence-corrected chi connectivity index (χ0v) is 15.3. The van der Waals surface area contributed by atoms with Crippen LogP contribution in [0.1, 0.15) is 24.3 Å². The van der Waals surface area contributed by atoms with Crippen LogP contribution in [0.25, 0.3) is 4.83 Å². The predicted molar refractivity (Wildman–Crippen MR) is 95.1 cm³/mol. The van der Waals surface area contributed by atoms with Gasteiger partial charge < -0.3 is 4.74 Å². The molecule has 8 heteroatoms. The monoisotopic (exact) mass is 366 g/mol. The summed E-state index contributed by atoms with van der Waals surface area (Å²) in [5, 5.41) is 0.184. The largest absolute Gasteiger partial charge is 0.516 e. The molecule has 1 aliphatic rings. The molecule has 1 amide bonds. The Labute approximate surface area is 148 Å². The fraction of sp³-hybridized carbons (Fsp3) is 0.438. The van der Waals surface area contributed by atoms with Crippen LogP contribution in [0.2, 0.25) is 0 Å². The van der Waals surface area contributed by atoms with Crippen molar-refractivity contribution < 1.29 is 18.8 Å². The zero-order chi connectivity index (χ0) is 17.3. The van der Waals surface area contributed by atoms with E-state index >= 15 is 0 Å². The van der Waals surface area contributed by atoms with Crippen LogP contribution in [0.3, 0.4) is 0 Å². The third-order valence-electron chi connectivity index (χ3n) is 4.28. The number of carbonyl (C=O) groups excluding carboxylic acids is 2. The standard InChI is InChI=1S/C16H20N3O3S2/c1-4-5-22-16(21)19(3)9-12(23-11(2)20)6-13(19)14-8-18-10-17-7-15(18)24-14/h4,7-8,10,12-13H,1,5-6,9H2,2-3H3/q+1/t12-,13-,19?/m0/s1. The van der Waals surface area contributed by atoms with Gasteiger partial charge in [0.05, 0.1) is 29.7 Å². The van der Waals surface area contributed by atoms with E-state index in [4.69, 9.17) is 4.74 Å². The lowest BCUT2D eigenvalue weighted by Gasteiger charge is -2.30. The third kappa shape index (κ3) is 3.13. The van der Waals surface area contributed by atoms with E-state index in [1.54, 1.807) is 30.7 Å². The second kappa shape index (κ2) is 6.70. The highest BCUT2D eigenvalue weighted by molar-refractivity contribution is 8.14. The number of fused-ring (bicyclic) bond motifs is 1. The SMILES string of the molecule is C=CCOC(=O)[N+]1(C)C[C@@H](SC(C)=O)C[C@H]1c1cn2cncc2s1. The number of amides is 1. The van der Waals surface area contributed by atoms with Gasteiger partial charge in [-0.25, -0.2) is 9.47 Å². The fourth-order valence-electron chi connectivity index (χ4n) is 3.21. The van der Waals surface area contributed by atoms with Crippen LogP contribution in [0.4, 0.5) is 4.79 Å². The number of nitrogens with zero attached hydrogens (tertiary/aromatic N) is 3. The van der Waals surface area contributed by atoms with Crippen LogP contribution in [0.5, 0.6) is 0 Å². The molecule has 0 spiro atoms. The number of quaternary nitrogens is 1. The Balaban J connectivity index is 1.92. The van der Waals surface area contributed by atoms with E-state index in [0.717, 1.165) is 16.1 Å². The summed E-state index contributed by atoms with van der Waals surface area (Å²) < 4.78 is 7.46. The predicted octanol–water partition coefficient (Wildman–Crippen LogP) is 3.26. The van der Waals surface area contributed by atoms with Crippen molar-refractivity contribution in [2.24, 2.45) is 0 Å². The van der Waals surface area contributed by atoms with E-state index in [0.29, 0.717) is 6.54 Å². The van der Waals surface area contributed by atoms with Gasteiger partial charge in [-0.15, -0.1) is 11.3 Å². The number of rotatable bonds is 4. The molecule has 0 aromatic carbocycles. The number of likely N-dealkylation sites (tertiary alicyclic amines) is 1. The average molecular weight is 366 g/mol. The van der Waals surface area contributed by atoms with E-state index in [9.17, 15) is 9.59 Å². The molecule has 0 N–H and O–H groups in total. The van der Waals surface area contributed by atoms with E-state index in [2.05, 4.69) is 11.6 Å². The number of thiazole rings is 1. The Bertz CT molecular complexity index is 756. The maximum Gasteiger partial charge on any atom is 0.516 e. The third-order valence-corrected chi connectivity index (χ3v) is 6.42. The molecule has 1 unspecified atom stereocenters. The minimum Gasteiger partial charge on any atom is -0.416 e. The molecular weight excluding hydrogens is 346 g/mol. The van der Waals surface area contributed by atoms with Crippen molar-refractivity contribution in [1.29, 1.82) is 0 Å². The van der Waals surface area contributed by atoms with Crippen molar-refractivity contribution in [3.05, 3.63) is 36.3 Å². The number of imidazole rings is 1. The molecule has 2 aromatic heterocycles. The number of carbonyl (C=O) groups is 2. The quantitative estimate of drug-likeness (QED) is 0.614. The molecule has 1 saturated heterocycles. The minimum absolute atomic E-state index is 0.0240.